The van der Waals surface area contributed by atoms with Crippen LogP contribution in [0.15, 0.2) is 18.5 Å². The van der Waals surface area contributed by atoms with Gasteiger partial charge in [-0.2, -0.15) is 18.3 Å². The molecule has 8 heteroatoms. The van der Waals surface area contributed by atoms with Crippen molar-refractivity contribution in [3.63, 3.8) is 0 Å². The summed E-state index contributed by atoms with van der Waals surface area (Å²) >= 11 is 0. The average molecular weight is 325 g/mol. The van der Waals surface area contributed by atoms with Crippen molar-refractivity contribution in [2.24, 2.45) is 0 Å². The van der Waals surface area contributed by atoms with Crippen LogP contribution >= 0.6 is 0 Å². The summed E-state index contributed by atoms with van der Waals surface area (Å²) in [6, 6.07) is 0.929. The van der Waals surface area contributed by atoms with Crippen molar-refractivity contribution in [3.8, 4) is 0 Å². The van der Waals surface area contributed by atoms with Gasteiger partial charge < -0.3 is 4.90 Å². The SMILES string of the molecule is Cc1cnc(C)c(N2CCC[C@@H](n3ccc(C(F)(F)F)n3)C2)n1. The highest BCUT2D eigenvalue weighted by atomic mass is 19.4. The van der Waals surface area contributed by atoms with Gasteiger partial charge in [0.1, 0.15) is 5.82 Å². The van der Waals surface area contributed by atoms with Crippen molar-refractivity contribution in [2.45, 2.75) is 38.9 Å². The smallest absolute Gasteiger partial charge is 0.353 e. The lowest BCUT2D eigenvalue weighted by molar-refractivity contribution is -0.141. The maximum absolute atomic E-state index is 12.7. The fourth-order valence-electron chi connectivity index (χ4n) is 2.88. The molecule has 0 aliphatic carbocycles. The Balaban J connectivity index is 1.81. The van der Waals surface area contributed by atoms with E-state index in [0.717, 1.165) is 42.7 Å². The normalized spacial score (nSPS) is 19.2. The Bertz CT molecular complexity index is 695. The number of aromatic nitrogens is 4. The molecule has 0 spiro atoms. The van der Waals surface area contributed by atoms with Crippen LogP contribution in [-0.4, -0.2) is 32.8 Å². The number of alkyl halides is 3. The summed E-state index contributed by atoms with van der Waals surface area (Å²) in [5.74, 6) is 0.804. The van der Waals surface area contributed by atoms with Crippen molar-refractivity contribution < 1.29 is 13.2 Å². The van der Waals surface area contributed by atoms with Gasteiger partial charge >= 0.3 is 6.18 Å². The van der Waals surface area contributed by atoms with Gasteiger partial charge in [-0.25, -0.2) is 4.98 Å². The number of rotatable bonds is 2. The molecule has 0 saturated carbocycles. The van der Waals surface area contributed by atoms with E-state index in [1.807, 2.05) is 13.8 Å². The van der Waals surface area contributed by atoms with E-state index in [2.05, 4.69) is 20.0 Å². The van der Waals surface area contributed by atoms with E-state index in [4.69, 9.17) is 0 Å². The van der Waals surface area contributed by atoms with Gasteiger partial charge in [0.05, 0.1) is 17.4 Å². The van der Waals surface area contributed by atoms with Crippen LogP contribution in [0.5, 0.6) is 0 Å². The molecule has 23 heavy (non-hydrogen) atoms. The molecule has 0 unspecified atom stereocenters. The van der Waals surface area contributed by atoms with Crippen LogP contribution in [0.2, 0.25) is 0 Å². The Morgan fingerprint density at radius 3 is 2.74 bits per heavy atom. The lowest BCUT2D eigenvalue weighted by atomic mass is 10.1. The van der Waals surface area contributed by atoms with Gasteiger partial charge in [-0.05, 0) is 32.8 Å². The van der Waals surface area contributed by atoms with Crippen LogP contribution in [0.3, 0.4) is 0 Å². The summed E-state index contributed by atoms with van der Waals surface area (Å²) in [5, 5.41) is 3.70. The number of hydrogen-bond donors (Lipinski definition) is 0. The first-order valence-corrected chi connectivity index (χ1v) is 7.52. The molecule has 0 bridgehead atoms. The minimum absolute atomic E-state index is 0.0958. The minimum Gasteiger partial charge on any atom is -0.353 e. The second kappa shape index (κ2) is 5.82. The van der Waals surface area contributed by atoms with Crippen molar-refractivity contribution >= 4 is 5.82 Å². The third kappa shape index (κ3) is 3.30. The lowest BCUT2D eigenvalue weighted by Crippen LogP contribution is -2.38. The van der Waals surface area contributed by atoms with Crippen LogP contribution in [0, 0.1) is 13.8 Å². The fraction of sp³-hybridized carbons (Fsp3) is 0.533. The van der Waals surface area contributed by atoms with Crippen molar-refractivity contribution in [1.82, 2.24) is 19.7 Å². The molecular formula is C15H18F3N5. The van der Waals surface area contributed by atoms with E-state index in [1.54, 1.807) is 6.20 Å². The molecule has 0 radical (unpaired) electrons. The topological polar surface area (TPSA) is 46.8 Å². The van der Waals surface area contributed by atoms with Crippen molar-refractivity contribution in [1.29, 1.82) is 0 Å². The number of aryl methyl sites for hydroxylation is 2. The van der Waals surface area contributed by atoms with Gasteiger partial charge in [0.2, 0.25) is 0 Å². The van der Waals surface area contributed by atoms with Crippen LogP contribution in [0.1, 0.15) is 36.0 Å². The van der Waals surface area contributed by atoms with Gasteiger partial charge in [-0.1, -0.05) is 0 Å². The molecule has 1 aliphatic rings. The summed E-state index contributed by atoms with van der Waals surface area (Å²) in [6.07, 6.45) is 0.391. The van der Waals surface area contributed by atoms with Gasteiger partial charge in [-0.3, -0.25) is 9.67 Å². The van der Waals surface area contributed by atoms with E-state index in [9.17, 15) is 13.2 Å². The van der Waals surface area contributed by atoms with E-state index in [1.165, 1.54) is 10.9 Å². The van der Waals surface area contributed by atoms with Gasteiger partial charge in [0, 0.05) is 25.5 Å². The molecule has 1 aliphatic heterocycles. The maximum Gasteiger partial charge on any atom is 0.435 e. The number of hydrogen-bond acceptors (Lipinski definition) is 4. The molecule has 3 rings (SSSR count). The number of halogens is 3. The maximum atomic E-state index is 12.7. The molecule has 2 aromatic rings. The highest BCUT2D eigenvalue weighted by molar-refractivity contribution is 5.43. The van der Waals surface area contributed by atoms with Crippen molar-refractivity contribution in [2.75, 3.05) is 18.0 Å². The van der Waals surface area contributed by atoms with Gasteiger partial charge in [0.15, 0.2) is 5.69 Å². The Labute approximate surface area is 132 Å². The molecule has 1 atom stereocenters. The molecule has 124 valence electrons. The summed E-state index contributed by atoms with van der Waals surface area (Å²) in [5.41, 5.74) is 0.806. The Hall–Kier alpha value is -2.12. The quantitative estimate of drug-likeness (QED) is 0.851. The van der Waals surface area contributed by atoms with Crippen molar-refractivity contribution in [3.05, 3.63) is 35.5 Å². The zero-order chi connectivity index (χ0) is 16.6. The van der Waals surface area contributed by atoms with Crippen LogP contribution in [0.25, 0.3) is 0 Å². The molecule has 0 amide bonds. The fourth-order valence-corrected chi connectivity index (χ4v) is 2.88. The zero-order valence-electron chi connectivity index (χ0n) is 13.0. The van der Waals surface area contributed by atoms with E-state index in [0.29, 0.717) is 6.54 Å². The lowest BCUT2D eigenvalue weighted by Gasteiger charge is -2.34. The summed E-state index contributed by atoms with van der Waals surface area (Å²) in [6.45, 7) is 5.17. The zero-order valence-corrected chi connectivity index (χ0v) is 13.0. The number of nitrogens with zero attached hydrogens (tertiary/aromatic N) is 5. The molecule has 5 nitrogen and oxygen atoms in total. The molecule has 1 saturated heterocycles. The van der Waals surface area contributed by atoms with Crippen LogP contribution in [-0.2, 0) is 6.18 Å². The molecular weight excluding hydrogens is 307 g/mol. The molecule has 2 aromatic heterocycles. The second-order valence-electron chi connectivity index (χ2n) is 5.84. The highest BCUT2D eigenvalue weighted by Crippen LogP contribution is 2.30. The van der Waals surface area contributed by atoms with E-state index >= 15 is 0 Å². The van der Waals surface area contributed by atoms with Crippen LogP contribution in [0.4, 0.5) is 19.0 Å². The van der Waals surface area contributed by atoms with Gasteiger partial charge in [-0.15, -0.1) is 0 Å². The van der Waals surface area contributed by atoms with Gasteiger partial charge in [0.25, 0.3) is 0 Å². The number of piperidine rings is 1. The summed E-state index contributed by atoms with van der Waals surface area (Å²) < 4.78 is 39.5. The molecule has 0 N–H and O–H groups in total. The third-order valence-electron chi connectivity index (χ3n) is 4.02. The predicted octanol–water partition coefficient (Wildman–Crippen LogP) is 3.15. The first-order valence-electron chi connectivity index (χ1n) is 7.52. The van der Waals surface area contributed by atoms with E-state index < -0.39 is 11.9 Å². The monoisotopic (exact) mass is 325 g/mol. The van der Waals surface area contributed by atoms with E-state index in [-0.39, 0.29) is 6.04 Å². The second-order valence-corrected chi connectivity index (χ2v) is 5.84. The Kier molecular flexibility index (Phi) is 3.99. The third-order valence-corrected chi connectivity index (χ3v) is 4.02. The highest BCUT2D eigenvalue weighted by Gasteiger charge is 2.34. The first kappa shape index (κ1) is 15.8. The molecule has 3 heterocycles. The Morgan fingerprint density at radius 2 is 2.04 bits per heavy atom. The first-order chi connectivity index (χ1) is 10.8. The average Bonchev–Trinajstić information content (AvgIpc) is 3.00. The van der Waals surface area contributed by atoms with Crippen LogP contribution < -0.4 is 4.90 Å². The predicted molar refractivity (Wildman–Crippen MR) is 79.2 cm³/mol. The summed E-state index contributed by atoms with van der Waals surface area (Å²) in [7, 11) is 0. The summed E-state index contributed by atoms with van der Waals surface area (Å²) in [4.78, 5) is 10.9. The Morgan fingerprint density at radius 1 is 1.26 bits per heavy atom. The number of anilines is 1. The molecule has 0 aromatic carbocycles. The molecule has 1 fully saturated rings. The largest absolute Gasteiger partial charge is 0.435 e. The minimum atomic E-state index is -4.40. The standard InChI is InChI=1S/C15H18F3N5/c1-10-8-19-11(2)14(20-10)22-6-3-4-12(9-22)23-7-5-13(21-23)15(16,17)18/h5,7-8,12H,3-4,6,9H2,1-2H3/t12-/m1/s1.